The molecule has 32 heavy (non-hydrogen) atoms. The fourth-order valence-corrected chi connectivity index (χ4v) is 4.40. The lowest BCUT2D eigenvalue weighted by atomic mass is 9.91. The second-order valence-electron chi connectivity index (χ2n) is 8.08. The van der Waals surface area contributed by atoms with Crippen LogP contribution in [-0.2, 0) is 4.79 Å². The molecule has 1 amide bonds. The van der Waals surface area contributed by atoms with Gasteiger partial charge in [0.2, 0.25) is 5.91 Å². The van der Waals surface area contributed by atoms with Gasteiger partial charge in [0.15, 0.2) is 11.6 Å². The topological polar surface area (TPSA) is 96.2 Å². The van der Waals surface area contributed by atoms with Crippen LogP contribution in [0.4, 0.5) is 17.3 Å². The van der Waals surface area contributed by atoms with E-state index < -0.39 is 5.92 Å². The van der Waals surface area contributed by atoms with Crippen molar-refractivity contribution in [3.63, 3.8) is 0 Å². The molecule has 166 valence electrons. The van der Waals surface area contributed by atoms with E-state index in [-0.39, 0.29) is 5.91 Å². The van der Waals surface area contributed by atoms with Gasteiger partial charge in [0.25, 0.3) is 0 Å². The summed E-state index contributed by atoms with van der Waals surface area (Å²) in [5.74, 6) is 0.486. The van der Waals surface area contributed by atoms with Gasteiger partial charge in [-0.3, -0.25) is 15.6 Å². The third-order valence-electron chi connectivity index (χ3n) is 6.07. The summed E-state index contributed by atoms with van der Waals surface area (Å²) >= 11 is 0. The minimum absolute atomic E-state index is 0.189. The molecule has 2 aromatic carbocycles. The molecule has 0 saturated carbocycles. The Morgan fingerprint density at radius 3 is 2.34 bits per heavy atom. The Balaban J connectivity index is 1.54. The third-order valence-corrected chi connectivity index (χ3v) is 6.07. The zero-order valence-electron chi connectivity index (χ0n) is 18.4. The van der Waals surface area contributed by atoms with Crippen LogP contribution in [0, 0.1) is 0 Å². The average molecular weight is 431 g/mol. The van der Waals surface area contributed by atoms with Crippen LogP contribution < -0.4 is 21.5 Å². The molecule has 0 spiro atoms. The Bertz CT molecular complexity index is 988. The van der Waals surface area contributed by atoms with Crippen LogP contribution in [0.1, 0.15) is 49.7 Å². The Hall–Kier alpha value is -3.61. The zero-order chi connectivity index (χ0) is 22.3. The molecule has 0 radical (unpaired) electrons. The van der Waals surface area contributed by atoms with Crippen molar-refractivity contribution in [3.8, 4) is 0 Å². The smallest absolute Gasteiger partial charge is 0.250 e. The van der Waals surface area contributed by atoms with Gasteiger partial charge in [0, 0.05) is 12.6 Å². The van der Waals surface area contributed by atoms with Crippen molar-refractivity contribution in [2.24, 2.45) is 0 Å². The van der Waals surface area contributed by atoms with Crippen molar-refractivity contribution in [1.82, 2.24) is 15.4 Å². The number of aromatic nitrogens is 2. The summed E-state index contributed by atoms with van der Waals surface area (Å²) in [6.45, 7) is 3.11. The standard InChI is InChI=1S/C25H30N6O/c1-2-20-15-9-10-16-31(20)24-22(26)23(27-17-28-24)29-30-25(32)21(18-11-5-3-6-12-18)19-13-7-4-8-14-19/h3-8,11-14,17,20-21H,2,9-10,15-16,26H2,1H3,(H,30,32)(H,27,28,29). The maximum atomic E-state index is 13.2. The molecule has 1 aliphatic heterocycles. The fourth-order valence-electron chi connectivity index (χ4n) is 4.40. The highest BCUT2D eigenvalue weighted by Gasteiger charge is 2.26. The number of piperidine rings is 1. The molecule has 4 N–H and O–H groups in total. The van der Waals surface area contributed by atoms with Gasteiger partial charge in [-0.2, -0.15) is 0 Å². The van der Waals surface area contributed by atoms with E-state index in [1.807, 2.05) is 60.7 Å². The van der Waals surface area contributed by atoms with E-state index in [2.05, 4.69) is 32.6 Å². The highest BCUT2D eigenvalue weighted by atomic mass is 16.2. The minimum Gasteiger partial charge on any atom is -0.393 e. The first-order valence-electron chi connectivity index (χ1n) is 11.2. The van der Waals surface area contributed by atoms with Crippen molar-refractivity contribution in [2.75, 3.05) is 22.6 Å². The molecular weight excluding hydrogens is 400 g/mol. The van der Waals surface area contributed by atoms with Gasteiger partial charge in [0.05, 0.1) is 5.92 Å². The number of benzene rings is 2. The maximum Gasteiger partial charge on any atom is 0.250 e. The Labute approximate surface area is 189 Å². The normalized spacial score (nSPS) is 16.1. The minimum atomic E-state index is -0.459. The monoisotopic (exact) mass is 430 g/mol. The predicted molar refractivity (Wildman–Crippen MR) is 128 cm³/mol. The number of nitrogen functional groups attached to an aromatic ring is 1. The largest absolute Gasteiger partial charge is 0.393 e. The third kappa shape index (κ3) is 4.66. The van der Waals surface area contributed by atoms with Gasteiger partial charge in [0.1, 0.15) is 12.0 Å². The molecule has 7 nitrogen and oxygen atoms in total. The van der Waals surface area contributed by atoms with Gasteiger partial charge in [-0.25, -0.2) is 9.97 Å². The van der Waals surface area contributed by atoms with Gasteiger partial charge < -0.3 is 10.6 Å². The lowest BCUT2D eigenvalue weighted by Crippen LogP contribution is -2.40. The maximum absolute atomic E-state index is 13.2. The van der Waals surface area contributed by atoms with E-state index in [1.54, 1.807) is 0 Å². The summed E-state index contributed by atoms with van der Waals surface area (Å²) in [6.07, 6.45) is 6.01. The summed E-state index contributed by atoms with van der Waals surface area (Å²) in [6, 6.07) is 19.9. The summed E-state index contributed by atoms with van der Waals surface area (Å²) in [5, 5.41) is 0. The van der Waals surface area contributed by atoms with Gasteiger partial charge in [-0.1, -0.05) is 67.6 Å². The SMILES string of the molecule is CCC1CCCCN1c1ncnc(NNC(=O)C(c2ccccc2)c2ccccc2)c1N. The first-order chi connectivity index (χ1) is 15.7. The molecule has 0 aliphatic carbocycles. The molecular formula is C25H30N6O. The second kappa shape index (κ2) is 10.1. The number of anilines is 3. The molecule has 1 atom stereocenters. The molecule has 2 heterocycles. The van der Waals surface area contributed by atoms with Crippen molar-refractivity contribution < 1.29 is 4.79 Å². The number of amides is 1. The van der Waals surface area contributed by atoms with Crippen molar-refractivity contribution in [3.05, 3.63) is 78.1 Å². The number of hydrogen-bond acceptors (Lipinski definition) is 6. The Kier molecular flexibility index (Phi) is 6.84. The van der Waals surface area contributed by atoms with Crippen molar-refractivity contribution in [1.29, 1.82) is 0 Å². The molecule has 0 bridgehead atoms. The molecule has 1 fully saturated rings. The van der Waals surface area contributed by atoms with Crippen LogP contribution in [0.2, 0.25) is 0 Å². The number of carbonyl (C=O) groups is 1. The summed E-state index contributed by atoms with van der Waals surface area (Å²) in [5.41, 5.74) is 14.5. The molecule has 1 saturated heterocycles. The number of carbonyl (C=O) groups excluding carboxylic acids is 1. The van der Waals surface area contributed by atoms with Crippen LogP contribution in [0.5, 0.6) is 0 Å². The number of nitrogens with two attached hydrogens (primary N) is 1. The summed E-state index contributed by atoms with van der Waals surface area (Å²) < 4.78 is 0. The van der Waals surface area contributed by atoms with Gasteiger partial charge >= 0.3 is 0 Å². The lowest BCUT2D eigenvalue weighted by Gasteiger charge is -2.36. The van der Waals surface area contributed by atoms with Crippen LogP contribution in [-0.4, -0.2) is 28.5 Å². The van der Waals surface area contributed by atoms with Crippen LogP contribution in [0.15, 0.2) is 67.0 Å². The average Bonchev–Trinajstić information content (AvgIpc) is 2.85. The first-order valence-corrected chi connectivity index (χ1v) is 11.2. The number of hydrogen-bond donors (Lipinski definition) is 3. The fraction of sp³-hybridized carbons (Fsp3) is 0.320. The first kappa shape index (κ1) is 21.6. The Morgan fingerprint density at radius 1 is 1.06 bits per heavy atom. The highest BCUT2D eigenvalue weighted by Crippen LogP contribution is 2.32. The Morgan fingerprint density at radius 2 is 1.72 bits per heavy atom. The van der Waals surface area contributed by atoms with Crippen molar-refractivity contribution >= 4 is 23.2 Å². The van der Waals surface area contributed by atoms with E-state index >= 15 is 0 Å². The number of hydrazine groups is 1. The van der Waals surface area contributed by atoms with E-state index in [9.17, 15) is 4.79 Å². The quantitative estimate of drug-likeness (QED) is 0.488. The highest BCUT2D eigenvalue weighted by molar-refractivity contribution is 5.88. The van der Waals surface area contributed by atoms with Crippen molar-refractivity contribution in [2.45, 2.75) is 44.6 Å². The molecule has 1 unspecified atom stereocenters. The molecule has 7 heteroatoms. The summed E-state index contributed by atoms with van der Waals surface area (Å²) in [7, 11) is 0. The van der Waals surface area contributed by atoms with E-state index in [1.165, 1.54) is 12.7 Å². The van der Waals surface area contributed by atoms with Gasteiger partial charge in [-0.05, 0) is 36.8 Å². The van der Waals surface area contributed by atoms with Crippen LogP contribution in [0.3, 0.4) is 0 Å². The van der Waals surface area contributed by atoms with Crippen LogP contribution >= 0.6 is 0 Å². The number of nitrogens with one attached hydrogen (secondary N) is 2. The molecule has 1 aliphatic rings. The zero-order valence-corrected chi connectivity index (χ0v) is 18.4. The van der Waals surface area contributed by atoms with Gasteiger partial charge in [-0.15, -0.1) is 0 Å². The second-order valence-corrected chi connectivity index (χ2v) is 8.08. The molecule has 4 rings (SSSR count). The van der Waals surface area contributed by atoms with Crippen LogP contribution in [0.25, 0.3) is 0 Å². The summed E-state index contributed by atoms with van der Waals surface area (Å²) in [4.78, 5) is 24.2. The molecule has 1 aromatic heterocycles. The number of rotatable bonds is 7. The van der Waals surface area contributed by atoms with E-state index in [0.29, 0.717) is 17.5 Å². The molecule has 3 aromatic rings. The predicted octanol–water partition coefficient (Wildman–Crippen LogP) is 4.10. The van der Waals surface area contributed by atoms with E-state index in [4.69, 9.17) is 5.73 Å². The van der Waals surface area contributed by atoms with E-state index in [0.717, 1.165) is 42.8 Å². The lowest BCUT2D eigenvalue weighted by molar-refractivity contribution is -0.121. The number of nitrogens with zero attached hydrogens (tertiary/aromatic N) is 3.